The van der Waals surface area contributed by atoms with Crippen molar-refractivity contribution < 1.29 is 27.5 Å². The molecular weight excluding hydrogens is 1050 g/mol. The van der Waals surface area contributed by atoms with E-state index in [0.29, 0.717) is 36.1 Å². The molecule has 386 valence electrons. The average Bonchev–Trinajstić information content (AvgIpc) is 4.28. The average molecular weight is 1100 g/mol. The predicted octanol–water partition coefficient (Wildman–Crippen LogP) is 5.11. The van der Waals surface area contributed by atoms with Crippen LogP contribution in [0.25, 0.3) is 45.3 Å². The largest absolute Gasteiger partial charge is 0.442 e. The van der Waals surface area contributed by atoms with Gasteiger partial charge in [-0.1, -0.05) is 70.4 Å². The van der Waals surface area contributed by atoms with E-state index in [4.69, 9.17) is 38.4 Å². The summed E-state index contributed by atoms with van der Waals surface area (Å²) in [5.41, 5.74) is 16.1. The third kappa shape index (κ3) is 11.1. The molecule has 3 N–H and O–H groups in total. The van der Waals surface area contributed by atoms with Gasteiger partial charge in [0.15, 0.2) is 0 Å². The number of carbonyl (C=O) groups is 2. The number of alkyl halides is 2. The van der Waals surface area contributed by atoms with Crippen LogP contribution in [-0.2, 0) is 53.0 Å². The van der Waals surface area contributed by atoms with E-state index >= 15 is 0 Å². The van der Waals surface area contributed by atoms with Crippen molar-refractivity contribution in [1.29, 1.82) is 0 Å². The smallest absolute Gasteiger partial charge is 0.415 e. The number of cyclic esters (lactones) is 2. The molecule has 5 aromatic heterocycles. The first-order chi connectivity index (χ1) is 35.7. The fourth-order valence-electron chi connectivity index (χ4n) is 8.88. The minimum absolute atomic E-state index is 0. The van der Waals surface area contributed by atoms with Crippen LogP contribution in [0.3, 0.4) is 0 Å². The highest BCUT2D eigenvalue weighted by molar-refractivity contribution is 7.89. The van der Waals surface area contributed by atoms with Gasteiger partial charge in [0.1, 0.15) is 28.4 Å². The lowest BCUT2D eigenvalue weighted by Gasteiger charge is -2.16. The maximum absolute atomic E-state index is 12.5. The van der Waals surface area contributed by atoms with Gasteiger partial charge in [-0.2, -0.15) is 23.1 Å². The second kappa shape index (κ2) is 21.9. The van der Waals surface area contributed by atoms with E-state index in [9.17, 15) is 18.0 Å². The highest BCUT2D eigenvalue weighted by atomic mass is 35.5. The van der Waals surface area contributed by atoms with Crippen LogP contribution in [-0.4, -0.2) is 128 Å². The normalized spacial score (nSPS) is 18.0. The second-order valence-electron chi connectivity index (χ2n) is 17.3. The van der Waals surface area contributed by atoms with Crippen molar-refractivity contribution in [2.45, 2.75) is 60.3 Å². The summed E-state index contributed by atoms with van der Waals surface area (Å²) >= 11 is 10.7. The highest BCUT2D eigenvalue weighted by Gasteiger charge is 2.48. The molecule has 4 atom stereocenters. The minimum Gasteiger partial charge on any atom is -0.442 e. The molecule has 12 rings (SSSR count). The summed E-state index contributed by atoms with van der Waals surface area (Å²) < 4.78 is 35.9. The number of amides is 2. The van der Waals surface area contributed by atoms with Gasteiger partial charge in [0.25, 0.3) is 10.0 Å². The van der Waals surface area contributed by atoms with Crippen molar-refractivity contribution in [2.75, 3.05) is 16.3 Å². The zero-order chi connectivity index (χ0) is 51.7. The summed E-state index contributed by atoms with van der Waals surface area (Å²) in [6, 6.07) is 26.2. The van der Waals surface area contributed by atoms with E-state index in [1.54, 1.807) is 65.5 Å². The van der Waals surface area contributed by atoms with Crippen molar-refractivity contribution in [3.63, 3.8) is 0 Å². The molecule has 3 aromatic carbocycles. The van der Waals surface area contributed by atoms with E-state index < -0.39 is 14.9 Å². The summed E-state index contributed by atoms with van der Waals surface area (Å²) in [6.07, 6.45) is 8.36. The summed E-state index contributed by atoms with van der Waals surface area (Å²) in [6.45, 7) is 2.68. The van der Waals surface area contributed by atoms with Gasteiger partial charge in [0.2, 0.25) is 11.6 Å². The first-order valence-corrected chi connectivity index (χ1v) is 25.2. The van der Waals surface area contributed by atoms with Crippen molar-refractivity contribution in [2.24, 2.45) is 24.9 Å². The molecule has 0 spiro atoms. The van der Waals surface area contributed by atoms with E-state index in [-0.39, 0.29) is 53.8 Å². The van der Waals surface area contributed by atoms with Crippen molar-refractivity contribution in [3.8, 4) is 45.3 Å². The number of nitrogens with one attached hydrogen (secondary N) is 1. The van der Waals surface area contributed by atoms with Gasteiger partial charge in [-0.3, -0.25) is 19.8 Å². The van der Waals surface area contributed by atoms with E-state index in [1.165, 1.54) is 21.7 Å². The molecule has 0 aliphatic carbocycles. The lowest BCUT2D eigenvalue weighted by Crippen LogP contribution is -2.37. The Kier molecular flexibility index (Phi) is 15.1. The summed E-state index contributed by atoms with van der Waals surface area (Å²) in [7, 11) is -0.208. The molecule has 75 heavy (non-hydrogen) atoms. The Morgan fingerprint density at radius 2 is 1.27 bits per heavy atom. The first-order valence-electron chi connectivity index (χ1n) is 22.8. The summed E-state index contributed by atoms with van der Waals surface area (Å²) in [4.78, 5) is 41.1. The van der Waals surface area contributed by atoms with Crippen LogP contribution in [0.5, 0.6) is 0 Å². The fraction of sp³-hybridized carbons (Fsp3) is 0.255. The number of nitrogens with zero attached hydrogens (tertiary/aromatic N) is 16. The minimum atomic E-state index is -3.64. The Bertz CT molecular complexity index is 3470. The molecule has 4 aliphatic rings. The second-order valence-corrected chi connectivity index (χ2v) is 20.1. The number of ether oxygens (including phenoxy) is 2. The first kappa shape index (κ1) is 51.9. The maximum Gasteiger partial charge on any atom is 0.415 e. The molecular formula is C47H45Cl3N18O6S. The number of benzene rings is 3. The quantitative estimate of drug-likeness (QED) is 0.0966. The summed E-state index contributed by atoms with van der Waals surface area (Å²) in [5.74, 6) is 0.977. The van der Waals surface area contributed by atoms with Gasteiger partial charge < -0.3 is 15.2 Å². The Morgan fingerprint density at radius 3 is 1.72 bits per heavy atom. The van der Waals surface area contributed by atoms with Crippen molar-refractivity contribution in [1.82, 2.24) is 70.2 Å². The van der Waals surface area contributed by atoms with Crippen LogP contribution in [0.4, 0.5) is 21.0 Å². The molecule has 0 saturated carbocycles. The number of rotatable bonds is 11. The molecule has 2 fully saturated rings. The Hall–Kier alpha value is -7.97. The Balaban J connectivity index is 0.000000144. The SMILES string of the molecule is Cc1ccc(S(=O)(=O)N/N=C/C(Cl)Cl)cc1.Cl.Cn1nnc(-c2ccc(-c3ccc4c(c3)CC3[C@H](CN)OC(=O)N43)cn2)n1.Cn1nnc(-c2ccc(-c3ccc4c(c3)CC3[C@H](Cn5ccnn5)OC(=O)N43)cn2)n1. The zero-order valence-corrected chi connectivity index (χ0v) is 43.1. The molecule has 0 bridgehead atoms. The number of halogens is 3. The number of aryl methyl sites for hydroxylation is 3. The van der Waals surface area contributed by atoms with E-state index in [1.807, 2.05) is 60.3 Å². The number of hydrazone groups is 1. The van der Waals surface area contributed by atoms with Gasteiger partial charge in [-0.25, -0.2) is 19.1 Å². The number of aromatic nitrogens is 13. The third-order valence-electron chi connectivity index (χ3n) is 12.4. The van der Waals surface area contributed by atoms with Gasteiger partial charge >= 0.3 is 12.2 Å². The lowest BCUT2D eigenvalue weighted by molar-refractivity contribution is 0.117. The number of fused-ring (bicyclic) bond motifs is 6. The van der Waals surface area contributed by atoms with Crippen LogP contribution in [0, 0.1) is 6.92 Å². The summed E-state index contributed by atoms with van der Waals surface area (Å²) in [5, 5.41) is 35.2. The molecule has 28 heteroatoms. The molecule has 0 radical (unpaired) electrons. The highest BCUT2D eigenvalue weighted by Crippen LogP contribution is 2.42. The standard InChI is InChI=1S/C20H17N9O2.C18H17N7O2.C9H10Cl2N2O2S.ClH/c1-27-24-19(23-26-27)15-4-2-13(10-21-15)12-3-5-16-14(8-12)9-17-18(31-20(30)29(16)17)11-28-7-6-22-25-28;1-24-22-17(21-23-24)13-4-2-11(9-20-13)10-3-5-14-12(6-10)7-15-16(8-19)27-18(26)25(14)15;1-7-2-4-8(5-3-7)16(14,15)13-12-6-9(10)11;/h2-8,10,17-18H,9,11H2,1H3;2-6,9,15-16H,7-8,19H2,1H3;2-6,9,13H,1H3;1H/b;;12-6+;/t17?,18-;15?,16-;;/m00../s1. The van der Waals surface area contributed by atoms with Gasteiger partial charge in [-0.05, 0) is 101 Å². The van der Waals surface area contributed by atoms with Crippen LogP contribution in [0.1, 0.15) is 16.7 Å². The lowest BCUT2D eigenvalue weighted by atomic mass is 10.0. The molecule has 2 saturated heterocycles. The molecule has 24 nitrogen and oxygen atoms in total. The molecule has 4 aliphatic heterocycles. The number of tetrazole rings is 2. The monoisotopic (exact) mass is 1090 g/mol. The molecule has 8 aromatic rings. The number of nitrogens with two attached hydrogens (primary N) is 1. The topological polar surface area (TPSA) is 287 Å². The Morgan fingerprint density at radius 1 is 0.747 bits per heavy atom. The molecule has 2 unspecified atom stereocenters. The van der Waals surface area contributed by atoms with Crippen LogP contribution >= 0.6 is 35.6 Å². The number of pyridine rings is 2. The van der Waals surface area contributed by atoms with Crippen LogP contribution < -0.4 is 20.4 Å². The zero-order valence-electron chi connectivity index (χ0n) is 39.9. The van der Waals surface area contributed by atoms with Gasteiger partial charge in [0.05, 0.1) is 61.4 Å². The molecule has 2 amide bonds. The van der Waals surface area contributed by atoms with Gasteiger partial charge in [0, 0.05) is 36.3 Å². The number of hydrogen-bond acceptors (Lipinski definition) is 18. The number of anilines is 2. The van der Waals surface area contributed by atoms with Crippen molar-refractivity contribution in [3.05, 3.63) is 126 Å². The number of hydrogen-bond donors (Lipinski definition) is 2. The maximum atomic E-state index is 12.5. The third-order valence-corrected chi connectivity index (χ3v) is 13.9. The van der Waals surface area contributed by atoms with Crippen LogP contribution in [0.15, 0.2) is 120 Å². The number of sulfonamides is 1. The van der Waals surface area contributed by atoms with Crippen molar-refractivity contribution >= 4 is 75.4 Å². The fourth-order valence-corrected chi connectivity index (χ4v) is 9.79. The molecule has 9 heterocycles. The van der Waals surface area contributed by atoms with E-state index in [2.05, 4.69) is 68.3 Å². The van der Waals surface area contributed by atoms with Crippen LogP contribution in [0.2, 0.25) is 0 Å². The number of carbonyl (C=O) groups excluding carboxylic acids is 2. The predicted molar refractivity (Wildman–Crippen MR) is 277 cm³/mol. The van der Waals surface area contributed by atoms with E-state index in [0.717, 1.165) is 69.4 Å². The van der Waals surface area contributed by atoms with Gasteiger partial charge in [-0.15, -0.1) is 37.9 Å². The Labute approximate surface area is 444 Å².